The van der Waals surface area contributed by atoms with E-state index < -0.39 is 16.2 Å². The molecule has 1 heterocycles. The Kier molecular flexibility index (Phi) is 4.46. The lowest BCUT2D eigenvalue weighted by atomic mass is 10.1. The zero-order valence-electron chi connectivity index (χ0n) is 10.1. The normalized spacial score (nSPS) is 19.0. The van der Waals surface area contributed by atoms with Crippen molar-refractivity contribution in [3.63, 3.8) is 0 Å². The number of non-ortho nitro benzene ring substituents is 1. The van der Waals surface area contributed by atoms with Crippen LogP contribution in [0.4, 0.5) is 5.69 Å². The monoisotopic (exact) mass is 285 g/mol. The molecule has 0 N–H and O–H groups in total. The van der Waals surface area contributed by atoms with E-state index in [0.29, 0.717) is 31.7 Å². The van der Waals surface area contributed by atoms with Gasteiger partial charge in [0.2, 0.25) is 0 Å². The molecule has 0 radical (unpaired) electrons. The van der Waals surface area contributed by atoms with E-state index in [0.717, 1.165) is 0 Å². The van der Waals surface area contributed by atoms with Gasteiger partial charge in [-0.1, -0.05) is 0 Å². The van der Waals surface area contributed by atoms with Gasteiger partial charge in [0.15, 0.2) is 0 Å². The molecular weight excluding hydrogens is 272 g/mol. The summed E-state index contributed by atoms with van der Waals surface area (Å²) in [6.07, 6.45) is 1.18. The molecule has 104 valence electrons. The molecule has 1 aliphatic heterocycles. The molecule has 1 aromatic carbocycles. The van der Waals surface area contributed by atoms with Crippen molar-refractivity contribution < 1.29 is 18.4 Å². The van der Waals surface area contributed by atoms with E-state index in [-0.39, 0.29) is 11.8 Å². The van der Waals surface area contributed by atoms with E-state index in [1.807, 2.05) is 0 Å². The second-order valence-corrected chi connectivity index (χ2v) is 5.16. The lowest BCUT2D eigenvalue weighted by molar-refractivity contribution is -0.384. The topological polar surface area (TPSA) is 95.7 Å². The van der Waals surface area contributed by atoms with Crippen LogP contribution in [-0.4, -0.2) is 37.2 Å². The molecule has 0 aromatic heterocycles. The third-order valence-corrected chi connectivity index (χ3v) is 3.75. The quantitative estimate of drug-likeness (QED) is 0.471. The van der Waals surface area contributed by atoms with Crippen molar-refractivity contribution in [2.24, 2.45) is 0 Å². The van der Waals surface area contributed by atoms with Crippen molar-refractivity contribution >= 4 is 17.0 Å². The van der Waals surface area contributed by atoms with Gasteiger partial charge in [0.05, 0.1) is 4.92 Å². The molecule has 0 amide bonds. The Morgan fingerprint density at radius 2 is 1.84 bits per heavy atom. The fourth-order valence-corrected chi connectivity index (χ4v) is 2.45. The molecule has 0 aliphatic carbocycles. The number of rotatable bonds is 4. The maximum atomic E-state index is 10.7. The van der Waals surface area contributed by atoms with Crippen LogP contribution in [0.2, 0.25) is 0 Å². The van der Waals surface area contributed by atoms with Gasteiger partial charge in [0, 0.05) is 36.5 Å². The molecule has 1 unspecified atom stereocenters. The summed E-state index contributed by atoms with van der Waals surface area (Å²) in [6.45, 7) is 0.877. The van der Waals surface area contributed by atoms with Crippen LogP contribution in [0.25, 0.3) is 0 Å². The van der Waals surface area contributed by atoms with Crippen LogP contribution in [0, 0.1) is 10.1 Å². The molecule has 2 rings (SSSR count). The fraction of sp³-hybridized carbons (Fsp3) is 0.455. The Hall–Kier alpha value is -1.51. The first kappa shape index (κ1) is 13.9. The largest absolute Gasteiger partial charge is 0.760 e. The van der Waals surface area contributed by atoms with Crippen LogP contribution in [0.1, 0.15) is 12.8 Å². The summed E-state index contributed by atoms with van der Waals surface area (Å²) in [5.74, 6) is 0.562. The van der Waals surface area contributed by atoms with Crippen molar-refractivity contribution in [3.8, 4) is 5.75 Å². The first-order valence-electron chi connectivity index (χ1n) is 5.81. The number of nitro benzene ring substituents is 1. The van der Waals surface area contributed by atoms with Crippen molar-refractivity contribution in [2.45, 2.75) is 18.9 Å². The number of hydrogen-bond donors (Lipinski definition) is 0. The minimum Gasteiger partial charge on any atom is -0.760 e. The number of piperidine rings is 1. The van der Waals surface area contributed by atoms with Crippen LogP contribution in [0.3, 0.4) is 0 Å². The first-order chi connectivity index (χ1) is 9.06. The molecule has 7 nitrogen and oxygen atoms in total. The summed E-state index contributed by atoms with van der Waals surface area (Å²) < 4.78 is 28.5. The molecule has 1 fully saturated rings. The van der Waals surface area contributed by atoms with Gasteiger partial charge < -0.3 is 9.29 Å². The van der Waals surface area contributed by atoms with Crippen LogP contribution >= 0.6 is 0 Å². The van der Waals surface area contributed by atoms with Gasteiger partial charge >= 0.3 is 0 Å². The summed E-state index contributed by atoms with van der Waals surface area (Å²) in [4.78, 5) is 10.0. The van der Waals surface area contributed by atoms with Gasteiger partial charge in [-0.2, -0.15) is 0 Å². The predicted molar refractivity (Wildman–Crippen MR) is 67.2 cm³/mol. The number of nitro groups is 1. The summed E-state index contributed by atoms with van der Waals surface area (Å²) in [5.41, 5.74) is 0.0175. The van der Waals surface area contributed by atoms with E-state index in [1.54, 1.807) is 12.1 Å². The third-order valence-electron chi connectivity index (χ3n) is 2.96. The Balaban J connectivity index is 1.88. The lowest BCUT2D eigenvalue weighted by Gasteiger charge is -2.32. The molecule has 8 heteroatoms. The highest BCUT2D eigenvalue weighted by molar-refractivity contribution is 7.76. The van der Waals surface area contributed by atoms with Crippen molar-refractivity contribution in [1.82, 2.24) is 4.31 Å². The second-order valence-electron chi connectivity index (χ2n) is 4.21. The number of hydrogen-bond acceptors (Lipinski definition) is 5. The molecule has 19 heavy (non-hydrogen) atoms. The van der Waals surface area contributed by atoms with Gasteiger partial charge in [0.25, 0.3) is 5.69 Å². The summed E-state index contributed by atoms with van der Waals surface area (Å²) in [5, 5.41) is 10.5. The summed E-state index contributed by atoms with van der Waals surface area (Å²) in [7, 11) is 0. The molecule has 0 bridgehead atoms. The molecule has 1 atom stereocenters. The molecular formula is C11H13N2O5S-. The van der Waals surface area contributed by atoms with Gasteiger partial charge in [0.1, 0.15) is 11.9 Å². The smallest absolute Gasteiger partial charge is 0.269 e. The van der Waals surface area contributed by atoms with Crippen LogP contribution in [-0.2, 0) is 11.3 Å². The number of ether oxygens (including phenoxy) is 1. The standard InChI is InChI=1S/C11H14N2O5S/c14-13(15)9-1-3-10(4-2-9)18-11-5-7-12(8-6-11)19(16)17/h1-4,11H,5-8H2,(H,16,17)/p-1. The molecule has 0 spiro atoms. The van der Waals surface area contributed by atoms with Crippen molar-refractivity contribution in [1.29, 1.82) is 0 Å². The van der Waals surface area contributed by atoms with E-state index in [9.17, 15) is 18.9 Å². The third kappa shape index (κ3) is 3.72. The second kappa shape index (κ2) is 6.09. The molecule has 1 aliphatic rings. The highest BCUT2D eigenvalue weighted by atomic mass is 32.2. The van der Waals surface area contributed by atoms with E-state index >= 15 is 0 Å². The Labute approximate surface area is 112 Å². The Morgan fingerprint density at radius 1 is 1.26 bits per heavy atom. The summed E-state index contributed by atoms with van der Waals surface area (Å²) in [6, 6.07) is 5.88. The fourth-order valence-electron chi connectivity index (χ4n) is 1.94. The van der Waals surface area contributed by atoms with Gasteiger partial charge in [-0.05, 0) is 25.0 Å². The first-order valence-corrected chi connectivity index (χ1v) is 6.85. The lowest BCUT2D eigenvalue weighted by Crippen LogP contribution is -2.39. The zero-order chi connectivity index (χ0) is 13.8. The highest BCUT2D eigenvalue weighted by Gasteiger charge is 2.21. The minimum absolute atomic E-state index is 0.0175. The van der Waals surface area contributed by atoms with Gasteiger partial charge in [-0.3, -0.25) is 14.3 Å². The predicted octanol–water partition coefficient (Wildman–Crippen LogP) is 1.23. The average Bonchev–Trinajstić information content (AvgIpc) is 2.40. The van der Waals surface area contributed by atoms with Crippen LogP contribution < -0.4 is 4.74 Å². The SMILES string of the molecule is O=[N+]([O-])c1ccc(OC2CCN(S(=O)[O-])CC2)cc1. The maximum Gasteiger partial charge on any atom is 0.269 e. The van der Waals surface area contributed by atoms with E-state index in [1.165, 1.54) is 16.4 Å². The summed E-state index contributed by atoms with van der Waals surface area (Å²) >= 11 is -2.17. The molecule has 1 aromatic rings. The van der Waals surface area contributed by atoms with Crippen LogP contribution in [0.15, 0.2) is 24.3 Å². The number of nitrogens with zero attached hydrogens (tertiary/aromatic N) is 2. The van der Waals surface area contributed by atoms with E-state index in [2.05, 4.69) is 0 Å². The molecule has 0 saturated carbocycles. The van der Waals surface area contributed by atoms with Crippen LogP contribution in [0.5, 0.6) is 5.75 Å². The maximum absolute atomic E-state index is 10.7. The Bertz CT molecular complexity index is 470. The average molecular weight is 285 g/mol. The zero-order valence-corrected chi connectivity index (χ0v) is 10.9. The minimum atomic E-state index is -2.17. The Morgan fingerprint density at radius 3 is 2.32 bits per heavy atom. The number of benzene rings is 1. The van der Waals surface area contributed by atoms with Crippen molar-refractivity contribution in [2.75, 3.05) is 13.1 Å². The highest BCUT2D eigenvalue weighted by Crippen LogP contribution is 2.22. The van der Waals surface area contributed by atoms with Gasteiger partial charge in [-0.15, -0.1) is 0 Å². The molecule has 1 saturated heterocycles. The van der Waals surface area contributed by atoms with Crippen molar-refractivity contribution in [3.05, 3.63) is 34.4 Å². The van der Waals surface area contributed by atoms with E-state index in [4.69, 9.17) is 4.74 Å². The van der Waals surface area contributed by atoms with Gasteiger partial charge in [-0.25, -0.2) is 4.31 Å².